The Hall–Kier alpha value is -1.31. The summed E-state index contributed by atoms with van der Waals surface area (Å²) in [6.07, 6.45) is 6.15. The molecular formula is C15H20NO. The molecule has 1 aromatic carbocycles. The molecule has 17 heavy (non-hydrogen) atoms. The van der Waals surface area contributed by atoms with Gasteiger partial charge in [-0.15, -0.1) is 0 Å². The maximum Gasteiger partial charge on any atom is 0.254 e. The molecule has 1 aromatic rings. The first-order valence-electron chi connectivity index (χ1n) is 6.60. The third-order valence-electron chi connectivity index (χ3n) is 3.56. The van der Waals surface area contributed by atoms with E-state index in [9.17, 15) is 4.79 Å². The molecule has 0 atom stereocenters. The van der Waals surface area contributed by atoms with Gasteiger partial charge in [-0.1, -0.05) is 37.5 Å². The van der Waals surface area contributed by atoms with E-state index in [4.69, 9.17) is 0 Å². The molecule has 1 aliphatic carbocycles. The third-order valence-corrected chi connectivity index (χ3v) is 3.56. The van der Waals surface area contributed by atoms with E-state index in [1.165, 1.54) is 19.3 Å². The molecule has 0 spiro atoms. The Labute approximate surface area is 104 Å². The summed E-state index contributed by atoms with van der Waals surface area (Å²) in [6.45, 7) is 2.86. The second-order valence-corrected chi connectivity index (χ2v) is 4.66. The Kier molecular flexibility index (Phi) is 4.18. The summed E-state index contributed by atoms with van der Waals surface area (Å²) in [5.74, 6) is 0.139. The van der Waals surface area contributed by atoms with Crippen LogP contribution < -0.4 is 0 Å². The molecule has 0 heterocycles. The fraction of sp³-hybridized carbons (Fsp3) is 0.533. The van der Waals surface area contributed by atoms with Gasteiger partial charge in [0.1, 0.15) is 0 Å². The predicted octanol–water partition coefficient (Wildman–Crippen LogP) is 3.28. The fourth-order valence-electron chi connectivity index (χ4n) is 2.64. The molecule has 0 saturated heterocycles. The van der Waals surface area contributed by atoms with Crippen molar-refractivity contribution < 1.29 is 4.79 Å². The minimum atomic E-state index is 0.139. The van der Waals surface area contributed by atoms with Crippen molar-refractivity contribution in [3.8, 4) is 0 Å². The van der Waals surface area contributed by atoms with Crippen molar-refractivity contribution in [3.05, 3.63) is 35.9 Å². The van der Waals surface area contributed by atoms with Crippen LogP contribution in [0.4, 0.5) is 0 Å². The molecule has 2 nitrogen and oxygen atoms in total. The Morgan fingerprint density at radius 3 is 2.71 bits per heavy atom. The van der Waals surface area contributed by atoms with Crippen LogP contribution in [-0.4, -0.2) is 23.4 Å². The van der Waals surface area contributed by atoms with Crippen LogP contribution >= 0.6 is 0 Å². The molecule has 1 aliphatic rings. The Morgan fingerprint density at radius 2 is 2.12 bits per heavy atom. The number of carbonyl (C=O) groups excluding carboxylic acids is 1. The second-order valence-electron chi connectivity index (χ2n) is 4.66. The van der Waals surface area contributed by atoms with Gasteiger partial charge in [0.2, 0.25) is 0 Å². The van der Waals surface area contributed by atoms with Gasteiger partial charge in [0.05, 0.1) is 0 Å². The maximum atomic E-state index is 12.4. The van der Waals surface area contributed by atoms with Gasteiger partial charge in [0.15, 0.2) is 0 Å². The lowest BCUT2D eigenvalue weighted by atomic mass is 9.93. The first kappa shape index (κ1) is 12.2. The highest BCUT2D eigenvalue weighted by Gasteiger charge is 2.24. The normalized spacial score (nSPS) is 16.8. The summed E-state index contributed by atoms with van der Waals surface area (Å²) >= 11 is 0. The van der Waals surface area contributed by atoms with Gasteiger partial charge >= 0.3 is 0 Å². The molecule has 0 unspecified atom stereocenters. The maximum absolute atomic E-state index is 12.4. The lowest BCUT2D eigenvalue weighted by molar-refractivity contribution is 0.0647. The van der Waals surface area contributed by atoms with Gasteiger partial charge in [0.25, 0.3) is 5.91 Å². The summed E-state index contributed by atoms with van der Waals surface area (Å²) < 4.78 is 0. The lowest BCUT2D eigenvalue weighted by Crippen LogP contribution is -2.41. The smallest absolute Gasteiger partial charge is 0.254 e. The van der Waals surface area contributed by atoms with Crippen molar-refractivity contribution in [2.24, 2.45) is 0 Å². The van der Waals surface area contributed by atoms with Crippen molar-refractivity contribution in [2.75, 3.05) is 6.54 Å². The zero-order valence-corrected chi connectivity index (χ0v) is 10.5. The van der Waals surface area contributed by atoms with Crippen LogP contribution in [0, 0.1) is 6.07 Å². The Morgan fingerprint density at radius 1 is 1.35 bits per heavy atom. The van der Waals surface area contributed by atoms with Gasteiger partial charge in [0, 0.05) is 18.2 Å². The van der Waals surface area contributed by atoms with E-state index >= 15 is 0 Å². The van der Waals surface area contributed by atoms with Crippen molar-refractivity contribution in [1.29, 1.82) is 0 Å². The van der Waals surface area contributed by atoms with Gasteiger partial charge in [-0.05, 0) is 31.9 Å². The molecule has 2 rings (SSSR count). The summed E-state index contributed by atoms with van der Waals surface area (Å²) in [6, 6.07) is 10.9. The first-order valence-corrected chi connectivity index (χ1v) is 6.60. The number of benzene rings is 1. The zero-order valence-electron chi connectivity index (χ0n) is 10.5. The van der Waals surface area contributed by atoms with Crippen LogP contribution in [0.3, 0.4) is 0 Å². The van der Waals surface area contributed by atoms with Gasteiger partial charge < -0.3 is 4.90 Å². The zero-order chi connectivity index (χ0) is 12.1. The molecule has 1 amide bonds. The fourth-order valence-corrected chi connectivity index (χ4v) is 2.64. The van der Waals surface area contributed by atoms with Gasteiger partial charge in [-0.3, -0.25) is 4.79 Å². The highest BCUT2D eigenvalue weighted by molar-refractivity contribution is 5.94. The molecule has 1 saturated carbocycles. The van der Waals surface area contributed by atoms with Crippen LogP contribution in [0.1, 0.15) is 49.4 Å². The molecule has 0 aliphatic heterocycles. The molecule has 0 aromatic heterocycles. The number of hydrogen-bond donors (Lipinski definition) is 0. The van der Waals surface area contributed by atoms with Crippen LogP contribution in [-0.2, 0) is 0 Å². The highest BCUT2D eigenvalue weighted by Crippen LogP contribution is 2.23. The Bertz CT molecular complexity index is 354. The van der Waals surface area contributed by atoms with Crippen molar-refractivity contribution in [3.63, 3.8) is 0 Å². The minimum Gasteiger partial charge on any atom is -0.336 e. The van der Waals surface area contributed by atoms with Crippen LogP contribution in [0.2, 0.25) is 0 Å². The summed E-state index contributed by atoms with van der Waals surface area (Å²) in [5.41, 5.74) is 0.694. The standard InChI is InChI=1S/C15H20NO/c1-2-16(14-11-7-4-8-12-14)15(17)13-9-5-3-6-10-13/h3,5-6,9,14H,2,4,7-8,11-12H2,1H3. The minimum absolute atomic E-state index is 0.139. The highest BCUT2D eigenvalue weighted by atomic mass is 16.2. The van der Waals surface area contributed by atoms with Crippen molar-refractivity contribution in [2.45, 2.75) is 45.1 Å². The number of nitrogens with zero attached hydrogens (tertiary/aromatic N) is 1. The number of hydrogen-bond acceptors (Lipinski definition) is 1. The summed E-state index contributed by atoms with van der Waals surface area (Å²) in [5, 5.41) is 0. The number of rotatable bonds is 3. The first-order chi connectivity index (χ1) is 8.33. The monoisotopic (exact) mass is 230 g/mol. The molecule has 0 bridgehead atoms. The lowest BCUT2D eigenvalue weighted by Gasteiger charge is -2.33. The van der Waals surface area contributed by atoms with Crippen LogP contribution in [0.5, 0.6) is 0 Å². The van der Waals surface area contributed by atoms with E-state index in [0.29, 0.717) is 11.6 Å². The molecule has 1 fully saturated rings. The topological polar surface area (TPSA) is 20.3 Å². The van der Waals surface area contributed by atoms with Crippen molar-refractivity contribution in [1.82, 2.24) is 4.90 Å². The van der Waals surface area contributed by atoms with Crippen molar-refractivity contribution >= 4 is 5.91 Å². The number of carbonyl (C=O) groups is 1. The van der Waals surface area contributed by atoms with Gasteiger partial charge in [-0.25, -0.2) is 0 Å². The quantitative estimate of drug-likeness (QED) is 0.780. The molecule has 91 valence electrons. The average molecular weight is 230 g/mol. The van der Waals surface area contributed by atoms with Crippen LogP contribution in [0.25, 0.3) is 0 Å². The molecular weight excluding hydrogens is 210 g/mol. The molecule has 1 radical (unpaired) electrons. The van der Waals surface area contributed by atoms with E-state index in [1.54, 1.807) is 0 Å². The second kappa shape index (κ2) is 5.85. The van der Waals surface area contributed by atoms with Crippen LogP contribution in [0.15, 0.2) is 24.3 Å². The third kappa shape index (κ3) is 2.87. The molecule has 2 heteroatoms. The summed E-state index contributed by atoms with van der Waals surface area (Å²) in [7, 11) is 0. The van der Waals surface area contributed by atoms with E-state index in [1.807, 2.05) is 29.2 Å². The van der Waals surface area contributed by atoms with Gasteiger partial charge in [-0.2, -0.15) is 0 Å². The number of amides is 1. The van der Waals surface area contributed by atoms with E-state index < -0.39 is 0 Å². The SMILES string of the molecule is CCN(C(=O)c1[c]cccc1)C1CCCCC1. The average Bonchev–Trinajstić information content (AvgIpc) is 2.42. The molecule has 0 N–H and O–H groups in total. The largest absolute Gasteiger partial charge is 0.336 e. The van der Waals surface area contributed by atoms with E-state index in [-0.39, 0.29) is 5.91 Å². The predicted molar refractivity (Wildman–Crippen MR) is 68.9 cm³/mol. The van der Waals surface area contributed by atoms with E-state index in [0.717, 1.165) is 19.4 Å². The summed E-state index contributed by atoms with van der Waals surface area (Å²) in [4.78, 5) is 14.4. The Balaban J connectivity index is 2.09. The van der Waals surface area contributed by atoms with E-state index in [2.05, 4.69) is 13.0 Å².